The van der Waals surface area contributed by atoms with E-state index in [0.29, 0.717) is 0 Å². The zero-order valence-corrected chi connectivity index (χ0v) is 16.5. The van der Waals surface area contributed by atoms with Crippen LogP contribution in [0.4, 0.5) is 5.69 Å². The van der Waals surface area contributed by atoms with E-state index in [1.807, 2.05) is 35.8 Å². The molecule has 0 amide bonds. The number of hydrogen-bond donors (Lipinski definition) is 0. The standard InChI is InChI=1S/C21H16N4.Ir/c1-23-14-22-24(15-23)19-12-7-13-20-21(19)17-10-5-6-11-18(17)25(20)16-8-3-2-4-9-16;/h2-11,13-15H,1H3;/q-2;. The van der Waals surface area contributed by atoms with Crippen molar-refractivity contribution in [3.05, 3.63) is 79.5 Å². The average molecular weight is 517 g/mol. The van der Waals surface area contributed by atoms with Crippen LogP contribution in [-0.2, 0) is 20.1 Å². The van der Waals surface area contributed by atoms with Crippen LogP contribution < -0.4 is 5.01 Å². The molecule has 1 aliphatic heterocycles. The minimum atomic E-state index is 0. The third-order valence-corrected chi connectivity index (χ3v) is 4.50. The zero-order chi connectivity index (χ0) is 16.8. The molecule has 3 aromatic carbocycles. The molecule has 4 aromatic rings. The Bertz CT molecular complexity index is 1100. The van der Waals surface area contributed by atoms with Crippen LogP contribution in [0, 0.1) is 12.7 Å². The molecule has 0 atom stereocenters. The molecule has 5 heteroatoms. The molecule has 0 fully saturated rings. The third kappa shape index (κ3) is 2.52. The second-order valence-electron chi connectivity index (χ2n) is 6.13. The number of para-hydroxylation sites is 2. The predicted octanol–water partition coefficient (Wildman–Crippen LogP) is 4.40. The molecule has 0 aliphatic carbocycles. The van der Waals surface area contributed by atoms with Gasteiger partial charge < -0.3 is 14.5 Å². The van der Waals surface area contributed by atoms with Crippen molar-refractivity contribution in [2.45, 2.75) is 0 Å². The van der Waals surface area contributed by atoms with Gasteiger partial charge in [-0.1, -0.05) is 53.0 Å². The number of hydrazone groups is 1. The van der Waals surface area contributed by atoms with E-state index in [1.165, 1.54) is 10.9 Å². The average Bonchev–Trinajstić information content (AvgIpc) is 3.23. The summed E-state index contributed by atoms with van der Waals surface area (Å²) in [5.41, 5.74) is 4.45. The van der Waals surface area contributed by atoms with Crippen LogP contribution in [0.25, 0.3) is 27.5 Å². The van der Waals surface area contributed by atoms with E-state index in [1.54, 1.807) is 6.34 Å². The summed E-state index contributed by atoms with van der Waals surface area (Å²) in [6.07, 6.45) is 1.79. The molecule has 2 heterocycles. The Balaban J connectivity index is 0.00000168. The van der Waals surface area contributed by atoms with Gasteiger partial charge in [0.15, 0.2) is 0 Å². The second-order valence-corrected chi connectivity index (χ2v) is 6.13. The normalized spacial score (nSPS) is 13.6. The molecule has 0 saturated heterocycles. The van der Waals surface area contributed by atoms with Crippen LogP contribution in [-0.4, -0.2) is 22.9 Å². The summed E-state index contributed by atoms with van der Waals surface area (Å²) in [6, 6.07) is 26.4. The fraction of sp³-hybridized carbons (Fsp3) is 0.0476. The summed E-state index contributed by atoms with van der Waals surface area (Å²) in [5, 5.41) is 8.70. The predicted molar refractivity (Wildman–Crippen MR) is 103 cm³/mol. The maximum Gasteiger partial charge on any atom is 0.0803 e. The van der Waals surface area contributed by atoms with Gasteiger partial charge in [-0.25, -0.2) is 0 Å². The Hall–Kier alpha value is -2.62. The molecule has 4 nitrogen and oxygen atoms in total. The summed E-state index contributed by atoms with van der Waals surface area (Å²) in [4.78, 5) is 1.93. The van der Waals surface area contributed by atoms with E-state index < -0.39 is 0 Å². The summed E-state index contributed by atoms with van der Waals surface area (Å²) in [7, 11) is 1.97. The summed E-state index contributed by atoms with van der Waals surface area (Å²) in [5.74, 6) is 0. The second kappa shape index (κ2) is 6.60. The van der Waals surface area contributed by atoms with Gasteiger partial charge in [0.05, 0.1) is 6.34 Å². The molecule has 5 rings (SSSR count). The van der Waals surface area contributed by atoms with Crippen LogP contribution in [0.5, 0.6) is 0 Å². The molecule has 0 saturated carbocycles. The molecule has 1 aliphatic rings. The summed E-state index contributed by atoms with van der Waals surface area (Å²) >= 11 is 0. The monoisotopic (exact) mass is 517 g/mol. The summed E-state index contributed by atoms with van der Waals surface area (Å²) < 4.78 is 2.30. The van der Waals surface area contributed by atoms with Crippen molar-refractivity contribution < 1.29 is 20.1 Å². The number of hydrogen-bond acceptors (Lipinski definition) is 3. The zero-order valence-electron chi connectivity index (χ0n) is 14.1. The van der Waals surface area contributed by atoms with Crippen molar-refractivity contribution in [3.63, 3.8) is 0 Å². The first kappa shape index (κ1) is 16.8. The molecule has 131 valence electrons. The summed E-state index contributed by atoms with van der Waals surface area (Å²) in [6.45, 7) is 1.96. The Morgan fingerprint density at radius 2 is 1.69 bits per heavy atom. The Morgan fingerprint density at radius 3 is 2.46 bits per heavy atom. The molecule has 0 bridgehead atoms. The number of aromatic nitrogens is 1. The van der Waals surface area contributed by atoms with Gasteiger partial charge in [0.1, 0.15) is 0 Å². The van der Waals surface area contributed by atoms with Crippen molar-refractivity contribution in [2.24, 2.45) is 5.10 Å². The number of nitrogens with zero attached hydrogens (tertiary/aromatic N) is 4. The smallest absolute Gasteiger partial charge is 0.0803 e. The molecule has 0 spiro atoms. The van der Waals surface area contributed by atoms with E-state index >= 15 is 0 Å². The van der Waals surface area contributed by atoms with E-state index in [-0.39, 0.29) is 20.1 Å². The van der Waals surface area contributed by atoms with Gasteiger partial charge >= 0.3 is 0 Å². The molecule has 1 radical (unpaired) electrons. The van der Waals surface area contributed by atoms with Crippen LogP contribution in [0.1, 0.15) is 0 Å². The van der Waals surface area contributed by atoms with E-state index in [9.17, 15) is 0 Å². The van der Waals surface area contributed by atoms with E-state index in [0.717, 1.165) is 22.3 Å². The van der Waals surface area contributed by atoms with Gasteiger partial charge in [-0.15, -0.1) is 12.7 Å². The maximum absolute atomic E-state index is 4.46. The van der Waals surface area contributed by atoms with Crippen LogP contribution >= 0.6 is 0 Å². The van der Waals surface area contributed by atoms with E-state index in [2.05, 4.69) is 70.3 Å². The number of anilines is 1. The van der Waals surface area contributed by atoms with Crippen molar-refractivity contribution in [1.82, 2.24) is 9.47 Å². The number of fused-ring (bicyclic) bond motifs is 3. The van der Waals surface area contributed by atoms with Crippen LogP contribution in [0.2, 0.25) is 0 Å². The Morgan fingerprint density at radius 1 is 0.923 bits per heavy atom. The van der Waals surface area contributed by atoms with Crippen molar-refractivity contribution >= 4 is 33.8 Å². The first-order chi connectivity index (χ1) is 12.3. The minimum Gasteiger partial charge on any atom is -0.493 e. The third-order valence-electron chi connectivity index (χ3n) is 4.50. The number of benzene rings is 3. The topological polar surface area (TPSA) is 23.8 Å². The van der Waals surface area contributed by atoms with E-state index in [4.69, 9.17) is 0 Å². The maximum atomic E-state index is 4.46. The largest absolute Gasteiger partial charge is 0.493 e. The SMILES string of the molecule is CN1C=NN(c2[c-]ccc3c2c2ccccc2n3-c2ccccc2)[CH-]1.[Ir]. The first-order valence-electron chi connectivity index (χ1n) is 8.22. The molecule has 26 heavy (non-hydrogen) atoms. The quantitative estimate of drug-likeness (QED) is 0.369. The first-order valence-corrected chi connectivity index (χ1v) is 8.22. The molecular weight excluding hydrogens is 500 g/mol. The minimum absolute atomic E-state index is 0. The van der Waals surface area contributed by atoms with Gasteiger partial charge in [-0.2, -0.15) is 17.2 Å². The van der Waals surface area contributed by atoms with Crippen LogP contribution in [0.3, 0.4) is 0 Å². The van der Waals surface area contributed by atoms with Gasteiger partial charge in [0, 0.05) is 31.3 Å². The van der Waals surface area contributed by atoms with Gasteiger partial charge in [-0.3, -0.25) is 0 Å². The molecule has 1 aromatic heterocycles. The molecule has 0 unspecified atom stereocenters. The molecular formula is C21H16IrN4-2. The number of rotatable bonds is 2. The van der Waals surface area contributed by atoms with Crippen molar-refractivity contribution in [1.29, 1.82) is 0 Å². The van der Waals surface area contributed by atoms with Gasteiger partial charge in [0.25, 0.3) is 0 Å². The van der Waals surface area contributed by atoms with Crippen LogP contribution in [0.15, 0.2) is 71.8 Å². The fourth-order valence-electron chi connectivity index (χ4n) is 3.46. The van der Waals surface area contributed by atoms with Crippen molar-refractivity contribution in [3.8, 4) is 5.69 Å². The van der Waals surface area contributed by atoms with Gasteiger partial charge in [0.2, 0.25) is 0 Å². The molecule has 0 N–H and O–H groups in total. The Kier molecular flexibility index (Phi) is 4.27. The Labute approximate surface area is 165 Å². The van der Waals surface area contributed by atoms with Crippen molar-refractivity contribution in [2.75, 3.05) is 12.1 Å². The van der Waals surface area contributed by atoms with Gasteiger partial charge in [-0.05, 0) is 30.6 Å². The fourth-order valence-corrected chi connectivity index (χ4v) is 3.46.